The first-order chi connectivity index (χ1) is 10.1. The molecule has 0 saturated carbocycles. The van der Waals surface area contributed by atoms with Crippen LogP contribution in [0.5, 0.6) is 0 Å². The molecule has 0 aliphatic carbocycles. The van der Waals surface area contributed by atoms with E-state index in [4.69, 9.17) is 4.74 Å². The molecule has 1 rings (SSSR count). The van der Waals surface area contributed by atoms with Gasteiger partial charge in [0.25, 0.3) is 0 Å². The van der Waals surface area contributed by atoms with Gasteiger partial charge in [-0.15, -0.1) is 0 Å². The Labute approximate surface area is 130 Å². The summed E-state index contributed by atoms with van der Waals surface area (Å²) in [6.07, 6.45) is 5.33. The highest BCUT2D eigenvalue weighted by Gasteiger charge is 2.25. The van der Waals surface area contributed by atoms with E-state index in [1.807, 2.05) is 6.20 Å². The third kappa shape index (κ3) is 6.15. The number of hydrogen-bond donors (Lipinski definition) is 1. The van der Waals surface area contributed by atoms with Crippen molar-refractivity contribution < 1.29 is 4.74 Å². The van der Waals surface area contributed by atoms with Gasteiger partial charge in [-0.25, -0.2) is 0 Å². The van der Waals surface area contributed by atoms with E-state index in [1.54, 1.807) is 0 Å². The summed E-state index contributed by atoms with van der Waals surface area (Å²) in [5, 5.41) is 3.65. The zero-order valence-corrected chi connectivity index (χ0v) is 14.4. The van der Waals surface area contributed by atoms with E-state index in [2.05, 4.69) is 57.1 Å². The number of hydrogen-bond acceptors (Lipinski definition) is 3. The van der Waals surface area contributed by atoms with E-state index in [1.165, 1.54) is 5.56 Å². The Balaban J connectivity index is 2.79. The van der Waals surface area contributed by atoms with Crippen molar-refractivity contribution in [3.63, 3.8) is 0 Å². The molecule has 2 atom stereocenters. The summed E-state index contributed by atoms with van der Waals surface area (Å²) in [6.45, 7) is 12.7. The van der Waals surface area contributed by atoms with Gasteiger partial charge in [-0.1, -0.05) is 33.8 Å². The second-order valence-electron chi connectivity index (χ2n) is 5.94. The van der Waals surface area contributed by atoms with Crippen LogP contribution >= 0.6 is 0 Å². The molecular weight excluding hydrogens is 260 g/mol. The van der Waals surface area contributed by atoms with Crippen LogP contribution in [-0.4, -0.2) is 30.3 Å². The predicted molar refractivity (Wildman–Crippen MR) is 89.7 cm³/mol. The molecule has 0 bridgehead atoms. The molecule has 0 spiro atoms. The lowest BCUT2D eigenvalue weighted by Crippen LogP contribution is -2.46. The third-order valence-corrected chi connectivity index (χ3v) is 3.79. The van der Waals surface area contributed by atoms with Gasteiger partial charge >= 0.3 is 0 Å². The van der Waals surface area contributed by atoms with Gasteiger partial charge in [-0.2, -0.15) is 0 Å². The monoisotopic (exact) mass is 292 g/mol. The highest BCUT2D eigenvalue weighted by atomic mass is 16.5. The summed E-state index contributed by atoms with van der Waals surface area (Å²) in [6, 6.07) is 4.66. The van der Waals surface area contributed by atoms with E-state index in [0.29, 0.717) is 12.0 Å². The van der Waals surface area contributed by atoms with Gasteiger partial charge in [0, 0.05) is 31.0 Å². The van der Waals surface area contributed by atoms with E-state index in [-0.39, 0.29) is 6.10 Å². The van der Waals surface area contributed by atoms with Crippen LogP contribution in [0.4, 0.5) is 0 Å². The normalized spacial score (nSPS) is 14.4. The number of nitrogens with zero attached hydrogens (tertiary/aromatic N) is 1. The number of nitrogens with one attached hydrogen (secondary N) is 1. The van der Waals surface area contributed by atoms with E-state index < -0.39 is 0 Å². The first kappa shape index (κ1) is 18.1. The summed E-state index contributed by atoms with van der Waals surface area (Å²) < 4.78 is 5.99. The summed E-state index contributed by atoms with van der Waals surface area (Å²) in [5.41, 5.74) is 2.44. The average Bonchev–Trinajstić information content (AvgIpc) is 2.49. The van der Waals surface area contributed by atoms with Gasteiger partial charge in [0.2, 0.25) is 0 Å². The highest BCUT2D eigenvalue weighted by molar-refractivity contribution is 5.15. The minimum atomic E-state index is 0.231. The zero-order chi connectivity index (χ0) is 15.7. The molecule has 0 amide bonds. The second kappa shape index (κ2) is 9.91. The molecule has 1 aromatic heterocycles. The molecule has 0 fully saturated rings. The van der Waals surface area contributed by atoms with E-state index in [9.17, 15) is 0 Å². The minimum absolute atomic E-state index is 0.231. The van der Waals surface area contributed by atoms with Crippen LogP contribution in [0.25, 0.3) is 0 Å². The van der Waals surface area contributed by atoms with Gasteiger partial charge in [-0.3, -0.25) is 4.98 Å². The molecule has 0 radical (unpaired) electrons. The Morgan fingerprint density at radius 2 is 1.95 bits per heavy atom. The Morgan fingerprint density at radius 1 is 1.19 bits per heavy atom. The van der Waals surface area contributed by atoms with Gasteiger partial charge < -0.3 is 10.1 Å². The molecule has 0 aliphatic rings. The van der Waals surface area contributed by atoms with Crippen molar-refractivity contribution in [2.24, 2.45) is 5.92 Å². The largest absolute Gasteiger partial charge is 0.377 e. The van der Waals surface area contributed by atoms with Gasteiger partial charge in [-0.05, 0) is 43.9 Å². The Hall–Kier alpha value is -0.930. The Bertz CT molecular complexity index is 375. The fourth-order valence-corrected chi connectivity index (χ4v) is 2.61. The number of rotatable bonds is 10. The molecule has 2 unspecified atom stereocenters. The van der Waals surface area contributed by atoms with Gasteiger partial charge in [0.1, 0.15) is 0 Å². The van der Waals surface area contributed by atoms with Gasteiger partial charge in [0.15, 0.2) is 0 Å². The molecule has 0 saturated heterocycles. The first-order valence-electron chi connectivity index (χ1n) is 8.41. The van der Waals surface area contributed by atoms with Crippen molar-refractivity contribution in [3.8, 4) is 0 Å². The van der Waals surface area contributed by atoms with Crippen LogP contribution in [0.15, 0.2) is 18.3 Å². The summed E-state index contributed by atoms with van der Waals surface area (Å²) >= 11 is 0. The number of pyridine rings is 1. The lowest BCUT2D eigenvalue weighted by Gasteiger charge is -2.31. The van der Waals surface area contributed by atoms with E-state index >= 15 is 0 Å². The topological polar surface area (TPSA) is 34.2 Å². The van der Waals surface area contributed by atoms with Crippen molar-refractivity contribution in [1.29, 1.82) is 0 Å². The summed E-state index contributed by atoms with van der Waals surface area (Å²) in [7, 11) is 0. The van der Waals surface area contributed by atoms with Crippen LogP contribution in [-0.2, 0) is 17.6 Å². The molecule has 0 aromatic carbocycles. The smallest absolute Gasteiger partial charge is 0.0754 e. The quantitative estimate of drug-likeness (QED) is 0.715. The molecule has 21 heavy (non-hydrogen) atoms. The molecule has 1 N–H and O–H groups in total. The molecule has 1 aromatic rings. The van der Waals surface area contributed by atoms with Crippen molar-refractivity contribution in [3.05, 3.63) is 29.6 Å². The van der Waals surface area contributed by atoms with Gasteiger partial charge in [0.05, 0.1) is 6.10 Å². The molecule has 1 heterocycles. The van der Waals surface area contributed by atoms with Crippen LogP contribution in [0.1, 0.15) is 52.3 Å². The van der Waals surface area contributed by atoms with Crippen molar-refractivity contribution >= 4 is 0 Å². The summed E-state index contributed by atoms with van der Waals surface area (Å²) in [5.74, 6) is 0.495. The van der Waals surface area contributed by atoms with Crippen LogP contribution in [0.3, 0.4) is 0 Å². The molecule has 3 nitrogen and oxygen atoms in total. The Kier molecular flexibility index (Phi) is 8.55. The fourth-order valence-electron chi connectivity index (χ4n) is 2.61. The number of aryl methyl sites for hydroxylation is 1. The lowest BCUT2D eigenvalue weighted by atomic mass is 9.95. The fraction of sp³-hybridized carbons (Fsp3) is 0.722. The predicted octanol–water partition coefficient (Wildman–Crippen LogP) is 3.62. The number of ether oxygens (including phenoxy) is 1. The Morgan fingerprint density at radius 3 is 2.43 bits per heavy atom. The highest BCUT2D eigenvalue weighted by Crippen LogP contribution is 2.15. The van der Waals surface area contributed by atoms with Crippen LogP contribution in [0.2, 0.25) is 0 Å². The SMILES string of the molecule is CCCNC(Cc1ccc(CC)cn1)C(OCC)C(C)C. The molecule has 3 heteroatoms. The summed E-state index contributed by atoms with van der Waals surface area (Å²) in [4.78, 5) is 4.60. The van der Waals surface area contributed by atoms with Crippen LogP contribution in [0, 0.1) is 5.92 Å². The maximum atomic E-state index is 5.99. The second-order valence-corrected chi connectivity index (χ2v) is 5.94. The van der Waals surface area contributed by atoms with Crippen molar-refractivity contribution in [1.82, 2.24) is 10.3 Å². The third-order valence-electron chi connectivity index (χ3n) is 3.79. The molecular formula is C18H32N2O. The van der Waals surface area contributed by atoms with Crippen LogP contribution < -0.4 is 5.32 Å². The van der Waals surface area contributed by atoms with E-state index in [0.717, 1.165) is 38.1 Å². The molecule has 0 aliphatic heterocycles. The standard InChI is InChI=1S/C18H32N2O/c1-6-11-19-17(18(14(4)5)21-8-3)12-16-10-9-15(7-2)13-20-16/h9-10,13-14,17-19H,6-8,11-12H2,1-5H3. The van der Waals surface area contributed by atoms with Crippen molar-refractivity contribution in [2.75, 3.05) is 13.2 Å². The molecule has 120 valence electrons. The minimum Gasteiger partial charge on any atom is -0.377 e. The zero-order valence-electron chi connectivity index (χ0n) is 14.4. The van der Waals surface area contributed by atoms with Crippen molar-refractivity contribution in [2.45, 2.75) is 66.0 Å². The first-order valence-corrected chi connectivity index (χ1v) is 8.41. The maximum absolute atomic E-state index is 5.99. The lowest BCUT2D eigenvalue weighted by molar-refractivity contribution is 0.00341. The maximum Gasteiger partial charge on any atom is 0.0754 e. The average molecular weight is 292 g/mol. The number of aromatic nitrogens is 1.